The van der Waals surface area contributed by atoms with Crippen LogP contribution in [0.15, 0.2) is 30.9 Å². The van der Waals surface area contributed by atoms with E-state index in [1.54, 1.807) is 0 Å². The molecule has 0 radical (unpaired) electrons. The second kappa shape index (κ2) is 6.49. The molecule has 1 N–H and O–H groups in total. The van der Waals surface area contributed by atoms with Crippen LogP contribution in [0.25, 0.3) is 0 Å². The molecule has 0 saturated heterocycles. The van der Waals surface area contributed by atoms with E-state index in [-0.39, 0.29) is 0 Å². The van der Waals surface area contributed by atoms with Crippen LogP contribution < -0.4 is 5.32 Å². The van der Waals surface area contributed by atoms with E-state index in [9.17, 15) is 0 Å². The molecule has 16 heavy (non-hydrogen) atoms. The molecule has 1 aromatic carbocycles. The van der Waals surface area contributed by atoms with Crippen molar-refractivity contribution in [3.63, 3.8) is 0 Å². The molecule has 88 valence electrons. The van der Waals surface area contributed by atoms with Gasteiger partial charge in [-0.3, -0.25) is 0 Å². The highest BCUT2D eigenvalue weighted by Crippen LogP contribution is 2.24. The summed E-state index contributed by atoms with van der Waals surface area (Å²) in [6.07, 6.45) is 5.47. The van der Waals surface area contributed by atoms with Crippen LogP contribution in [0.4, 0.5) is 0 Å². The van der Waals surface area contributed by atoms with Gasteiger partial charge in [0, 0.05) is 6.04 Å². The minimum absolute atomic E-state index is 0.472. The predicted octanol–water partition coefficient (Wildman–Crippen LogP) is 3.92. The minimum Gasteiger partial charge on any atom is -0.313 e. The first-order chi connectivity index (χ1) is 7.70. The number of allylic oxidation sites excluding steroid dienone is 1. The maximum absolute atomic E-state index is 3.77. The van der Waals surface area contributed by atoms with E-state index in [2.05, 4.69) is 43.9 Å². The summed E-state index contributed by atoms with van der Waals surface area (Å²) in [6, 6.07) is 7.03. The third-order valence-corrected chi connectivity index (χ3v) is 3.27. The van der Waals surface area contributed by atoms with E-state index >= 15 is 0 Å². The van der Waals surface area contributed by atoms with Crippen LogP contribution in [-0.4, -0.2) is 7.05 Å². The fourth-order valence-electron chi connectivity index (χ4n) is 2.07. The molecule has 0 aliphatic rings. The molecule has 1 aromatic rings. The molecule has 0 amide bonds. The molecule has 0 bridgehead atoms. The van der Waals surface area contributed by atoms with Crippen molar-refractivity contribution in [1.29, 1.82) is 0 Å². The Bertz CT molecular complexity index is 341. The number of unbranched alkanes of at least 4 members (excludes halogenated alkanes) is 1. The van der Waals surface area contributed by atoms with Gasteiger partial charge in [0.2, 0.25) is 0 Å². The number of nitrogens with one attached hydrogen (secondary N) is 1. The molecule has 0 aromatic heterocycles. The van der Waals surface area contributed by atoms with E-state index < -0.39 is 0 Å². The summed E-state index contributed by atoms with van der Waals surface area (Å²) in [7, 11) is 2.04. The van der Waals surface area contributed by atoms with E-state index in [4.69, 9.17) is 0 Å². The van der Waals surface area contributed by atoms with Gasteiger partial charge in [0.05, 0.1) is 0 Å². The van der Waals surface area contributed by atoms with Gasteiger partial charge in [-0.15, -0.1) is 6.58 Å². The molecule has 1 unspecified atom stereocenters. The van der Waals surface area contributed by atoms with Crippen molar-refractivity contribution in [3.05, 3.63) is 47.5 Å². The first kappa shape index (κ1) is 13.0. The van der Waals surface area contributed by atoms with Gasteiger partial charge in [-0.1, -0.05) is 24.3 Å². The van der Waals surface area contributed by atoms with Crippen LogP contribution in [-0.2, 0) is 0 Å². The summed E-state index contributed by atoms with van der Waals surface area (Å²) in [4.78, 5) is 0. The van der Waals surface area contributed by atoms with Crippen molar-refractivity contribution in [2.24, 2.45) is 0 Å². The lowest BCUT2D eigenvalue weighted by Crippen LogP contribution is -2.17. The lowest BCUT2D eigenvalue weighted by Gasteiger charge is -2.19. The number of benzene rings is 1. The fraction of sp³-hybridized carbons (Fsp3) is 0.467. The second-order valence-electron chi connectivity index (χ2n) is 4.35. The quantitative estimate of drug-likeness (QED) is 0.562. The zero-order valence-electron chi connectivity index (χ0n) is 10.7. The number of hydrogen-bond acceptors (Lipinski definition) is 1. The molecule has 0 saturated carbocycles. The molecule has 0 aliphatic heterocycles. The van der Waals surface area contributed by atoms with Crippen LogP contribution in [0, 0.1) is 13.8 Å². The summed E-state index contributed by atoms with van der Waals surface area (Å²) >= 11 is 0. The molecular weight excluding hydrogens is 194 g/mol. The molecule has 0 spiro atoms. The van der Waals surface area contributed by atoms with Gasteiger partial charge in [0.25, 0.3) is 0 Å². The molecule has 1 heteroatoms. The molecule has 1 nitrogen and oxygen atoms in total. The second-order valence-corrected chi connectivity index (χ2v) is 4.35. The minimum atomic E-state index is 0.472. The average Bonchev–Trinajstić information content (AvgIpc) is 2.29. The topological polar surface area (TPSA) is 12.0 Å². The highest BCUT2D eigenvalue weighted by Gasteiger charge is 2.11. The van der Waals surface area contributed by atoms with Gasteiger partial charge in [0.1, 0.15) is 0 Å². The Hall–Kier alpha value is -1.08. The van der Waals surface area contributed by atoms with Crippen LogP contribution >= 0.6 is 0 Å². The largest absolute Gasteiger partial charge is 0.313 e. The van der Waals surface area contributed by atoms with Crippen molar-refractivity contribution in [2.45, 2.75) is 39.2 Å². The van der Waals surface area contributed by atoms with Crippen LogP contribution in [0.2, 0.25) is 0 Å². The SMILES string of the molecule is C=CCCCC(NC)c1cccc(C)c1C. The maximum atomic E-state index is 3.77. The van der Waals surface area contributed by atoms with E-state index in [0.29, 0.717) is 6.04 Å². The maximum Gasteiger partial charge on any atom is 0.0320 e. The summed E-state index contributed by atoms with van der Waals surface area (Å²) in [5, 5.41) is 3.41. The molecule has 1 atom stereocenters. The number of rotatable bonds is 6. The average molecular weight is 217 g/mol. The lowest BCUT2D eigenvalue weighted by atomic mass is 9.94. The molecule has 0 heterocycles. The fourth-order valence-corrected chi connectivity index (χ4v) is 2.07. The van der Waals surface area contributed by atoms with Crippen molar-refractivity contribution >= 4 is 0 Å². The van der Waals surface area contributed by atoms with Gasteiger partial charge < -0.3 is 5.32 Å². The highest BCUT2D eigenvalue weighted by molar-refractivity contribution is 5.35. The van der Waals surface area contributed by atoms with Gasteiger partial charge >= 0.3 is 0 Å². The van der Waals surface area contributed by atoms with E-state index in [0.717, 1.165) is 6.42 Å². The standard InChI is InChI=1S/C15H23N/c1-5-6-7-11-15(16-4)14-10-8-9-12(2)13(14)3/h5,8-10,15-16H,1,6-7,11H2,2-4H3. The zero-order valence-corrected chi connectivity index (χ0v) is 10.7. The van der Waals surface area contributed by atoms with Gasteiger partial charge in [-0.25, -0.2) is 0 Å². The summed E-state index contributed by atoms with van der Waals surface area (Å²) < 4.78 is 0. The monoisotopic (exact) mass is 217 g/mol. The molecule has 0 aliphatic carbocycles. The summed E-state index contributed by atoms with van der Waals surface area (Å²) in [5.41, 5.74) is 4.23. The van der Waals surface area contributed by atoms with Crippen molar-refractivity contribution < 1.29 is 0 Å². The Morgan fingerprint density at radius 2 is 2.12 bits per heavy atom. The molecule has 0 fully saturated rings. The zero-order chi connectivity index (χ0) is 12.0. The van der Waals surface area contributed by atoms with Gasteiger partial charge in [-0.2, -0.15) is 0 Å². The number of aryl methyl sites for hydroxylation is 1. The Balaban J connectivity index is 2.78. The lowest BCUT2D eigenvalue weighted by molar-refractivity contribution is 0.527. The molecular formula is C15H23N. The normalized spacial score (nSPS) is 12.4. The highest BCUT2D eigenvalue weighted by atomic mass is 14.9. The Labute approximate surface area is 99.6 Å². The Morgan fingerprint density at radius 1 is 1.38 bits per heavy atom. The van der Waals surface area contributed by atoms with Gasteiger partial charge in [0.15, 0.2) is 0 Å². The smallest absolute Gasteiger partial charge is 0.0320 e. The first-order valence-electron chi connectivity index (χ1n) is 6.05. The van der Waals surface area contributed by atoms with Crippen molar-refractivity contribution in [1.82, 2.24) is 5.32 Å². The molecule has 1 rings (SSSR count). The Morgan fingerprint density at radius 3 is 2.75 bits per heavy atom. The van der Waals surface area contributed by atoms with Crippen LogP contribution in [0.5, 0.6) is 0 Å². The Kier molecular flexibility index (Phi) is 5.27. The summed E-state index contributed by atoms with van der Waals surface area (Å²) in [6.45, 7) is 8.15. The predicted molar refractivity (Wildman–Crippen MR) is 71.8 cm³/mol. The van der Waals surface area contributed by atoms with E-state index in [1.165, 1.54) is 29.5 Å². The third kappa shape index (κ3) is 3.21. The van der Waals surface area contributed by atoms with Crippen molar-refractivity contribution in [3.8, 4) is 0 Å². The van der Waals surface area contributed by atoms with Crippen LogP contribution in [0.3, 0.4) is 0 Å². The van der Waals surface area contributed by atoms with Gasteiger partial charge in [-0.05, 0) is 56.8 Å². The first-order valence-corrected chi connectivity index (χ1v) is 6.05. The van der Waals surface area contributed by atoms with Crippen LogP contribution in [0.1, 0.15) is 42.0 Å². The number of hydrogen-bond donors (Lipinski definition) is 1. The summed E-state index contributed by atoms with van der Waals surface area (Å²) in [5.74, 6) is 0. The van der Waals surface area contributed by atoms with E-state index in [1.807, 2.05) is 13.1 Å². The van der Waals surface area contributed by atoms with Crippen molar-refractivity contribution in [2.75, 3.05) is 7.05 Å². The third-order valence-electron chi connectivity index (χ3n) is 3.27.